The highest BCUT2D eigenvalue weighted by Crippen LogP contribution is 2.24. The van der Waals surface area contributed by atoms with Gasteiger partial charge in [0.05, 0.1) is 5.60 Å². The lowest BCUT2D eigenvalue weighted by Crippen LogP contribution is -2.60. The van der Waals surface area contributed by atoms with Crippen LogP contribution in [0.5, 0.6) is 0 Å². The van der Waals surface area contributed by atoms with Crippen LogP contribution >= 0.6 is 0 Å². The summed E-state index contributed by atoms with van der Waals surface area (Å²) in [5, 5.41) is 13.1. The Hall–Kier alpha value is -0.860. The molecule has 1 aromatic carbocycles. The molecule has 2 heteroatoms. The van der Waals surface area contributed by atoms with E-state index in [-0.39, 0.29) is 5.41 Å². The van der Waals surface area contributed by atoms with E-state index in [4.69, 9.17) is 0 Å². The van der Waals surface area contributed by atoms with Gasteiger partial charge in [-0.2, -0.15) is 0 Å². The third kappa shape index (κ3) is 2.45. The standard InChI is InChI=1S/C14H21NO/c1-13(2,3)12-6-4-11(5-7-12)8-14(16)9-15-10-14/h4-7,15-16H,8-10H2,1-3H3. The first kappa shape index (κ1) is 11.6. The molecular weight excluding hydrogens is 198 g/mol. The summed E-state index contributed by atoms with van der Waals surface area (Å²) >= 11 is 0. The number of hydrogen-bond acceptors (Lipinski definition) is 2. The van der Waals surface area contributed by atoms with Gasteiger partial charge < -0.3 is 10.4 Å². The summed E-state index contributed by atoms with van der Waals surface area (Å²) in [4.78, 5) is 0. The van der Waals surface area contributed by atoms with Crippen molar-refractivity contribution in [3.63, 3.8) is 0 Å². The number of rotatable bonds is 2. The van der Waals surface area contributed by atoms with Crippen molar-refractivity contribution in [1.82, 2.24) is 5.32 Å². The highest BCUT2D eigenvalue weighted by Gasteiger charge is 2.34. The summed E-state index contributed by atoms with van der Waals surface area (Å²) in [6, 6.07) is 8.61. The van der Waals surface area contributed by atoms with Gasteiger partial charge >= 0.3 is 0 Å². The molecule has 0 aliphatic carbocycles. The van der Waals surface area contributed by atoms with Crippen LogP contribution in [0.25, 0.3) is 0 Å². The maximum Gasteiger partial charge on any atom is 0.0935 e. The van der Waals surface area contributed by atoms with Gasteiger partial charge in [-0.1, -0.05) is 45.0 Å². The Balaban J connectivity index is 2.08. The molecule has 2 nitrogen and oxygen atoms in total. The molecule has 1 aromatic rings. The van der Waals surface area contributed by atoms with E-state index in [1.807, 2.05) is 0 Å². The summed E-state index contributed by atoms with van der Waals surface area (Å²) in [5.41, 5.74) is 2.25. The van der Waals surface area contributed by atoms with Gasteiger partial charge in [-0.05, 0) is 16.5 Å². The fourth-order valence-corrected chi connectivity index (χ4v) is 2.04. The van der Waals surface area contributed by atoms with Crippen molar-refractivity contribution >= 4 is 0 Å². The smallest absolute Gasteiger partial charge is 0.0935 e. The van der Waals surface area contributed by atoms with Crippen LogP contribution in [0.15, 0.2) is 24.3 Å². The second kappa shape index (κ2) is 3.86. The van der Waals surface area contributed by atoms with E-state index in [1.54, 1.807) is 0 Å². The largest absolute Gasteiger partial charge is 0.387 e. The topological polar surface area (TPSA) is 32.3 Å². The second-order valence-electron chi connectivity index (χ2n) is 5.95. The Labute approximate surface area is 97.7 Å². The van der Waals surface area contributed by atoms with Gasteiger partial charge in [0.15, 0.2) is 0 Å². The van der Waals surface area contributed by atoms with Crippen molar-refractivity contribution in [2.75, 3.05) is 13.1 Å². The molecule has 1 fully saturated rings. The maximum absolute atomic E-state index is 10.0. The van der Waals surface area contributed by atoms with Crippen LogP contribution in [0.3, 0.4) is 0 Å². The van der Waals surface area contributed by atoms with Crippen molar-refractivity contribution in [3.8, 4) is 0 Å². The third-order valence-corrected chi connectivity index (χ3v) is 3.26. The first-order chi connectivity index (χ1) is 7.39. The second-order valence-corrected chi connectivity index (χ2v) is 5.95. The Morgan fingerprint density at radius 1 is 1.19 bits per heavy atom. The Morgan fingerprint density at radius 3 is 2.12 bits per heavy atom. The molecule has 0 aromatic heterocycles. The summed E-state index contributed by atoms with van der Waals surface area (Å²) in [7, 11) is 0. The van der Waals surface area contributed by atoms with Crippen molar-refractivity contribution < 1.29 is 5.11 Å². The van der Waals surface area contributed by atoms with Crippen molar-refractivity contribution in [3.05, 3.63) is 35.4 Å². The number of benzene rings is 1. The monoisotopic (exact) mass is 219 g/mol. The molecule has 0 amide bonds. The molecule has 2 N–H and O–H groups in total. The highest BCUT2D eigenvalue weighted by atomic mass is 16.3. The van der Waals surface area contributed by atoms with Crippen LogP contribution in [-0.2, 0) is 11.8 Å². The zero-order valence-electron chi connectivity index (χ0n) is 10.4. The van der Waals surface area contributed by atoms with E-state index < -0.39 is 5.60 Å². The van der Waals surface area contributed by atoms with E-state index in [9.17, 15) is 5.11 Å². The quantitative estimate of drug-likeness (QED) is 0.796. The fourth-order valence-electron chi connectivity index (χ4n) is 2.04. The Bertz CT molecular complexity index is 357. The minimum Gasteiger partial charge on any atom is -0.387 e. The van der Waals surface area contributed by atoms with E-state index in [0.717, 1.165) is 6.42 Å². The molecule has 0 radical (unpaired) electrons. The molecule has 0 spiro atoms. The van der Waals surface area contributed by atoms with Gasteiger partial charge in [0, 0.05) is 19.5 Å². The highest BCUT2D eigenvalue weighted by molar-refractivity contribution is 5.28. The predicted octanol–water partition coefficient (Wildman–Crippen LogP) is 1.86. The number of nitrogens with one attached hydrogen (secondary N) is 1. The molecule has 1 aliphatic heterocycles. The average molecular weight is 219 g/mol. The SMILES string of the molecule is CC(C)(C)c1ccc(CC2(O)CNC2)cc1. The summed E-state index contributed by atoms with van der Waals surface area (Å²) in [5.74, 6) is 0. The molecule has 0 saturated carbocycles. The van der Waals surface area contributed by atoms with Crippen LogP contribution < -0.4 is 5.32 Å². The van der Waals surface area contributed by atoms with Gasteiger partial charge in [0.1, 0.15) is 0 Å². The first-order valence-electron chi connectivity index (χ1n) is 5.92. The third-order valence-electron chi connectivity index (χ3n) is 3.26. The maximum atomic E-state index is 10.0. The lowest BCUT2D eigenvalue weighted by atomic mass is 9.84. The van der Waals surface area contributed by atoms with E-state index in [0.29, 0.717) is 13.1 Å². The minimum atomic E-state index is -0.511. The Morgan fingerprint density at radius 2 is 1.75 bits per heavy atom. The summed E-state index contributed by atoms with van der Waals surface area (Å²) < 4.78 is 0. The predicted molar refractivity (Wildman–Crippen MR) is 66.7 cm³/mol. The van der Waals surface area contributed by atoms with E-state index in [1.165, 1.54) is 11.1 Å². The van der Waals surface area contributed by atoms with Crippen LogP contribution in [0.1, 0.15) is 31.9 Å². The van der Waals surface area contributed by atoms with Gasteiger partial charge in [0.25, 0.3) is 0 Å². The van der Waals surface area contributed by atoms with Gasteiger partial charge in [-0.25, -0.2) is 0 Å². The lowest BCUT2D eigenvalue weighted by Gasteiger charge is -2.37. The minimum absolute atomic E-state index is 0.202. The molecule has 88 valence electrons. The summed E-state index contributed by atoms with van der Waals surface area (Å²) in [6.45, 7) is 8.07. The molecule has 0 bridgehead atoms. The zero-order valence-corrected chi connectivity index (χ0v) is 10.4. The molecular formula is C14H21NO. The molecule has 1 aliphatic rings. The van der Waals surface area contributed by atoms with Gasteiger partial charge in [0.2, 0.25) is 0 Å². The van der Waals surface area contributed by atoms with Crippen molar-refractivity contribution in [2.24, 2.45) is 0 Å². The first-order valence-corrected chi connectivity index (χ1v) is 5.92. The zero-order chi connectivity index (χ0) is 11.8. The normalized spacial score (nSPS) is 19.2. The van der Waals surface area contributed by atoms with Crippen molar-refractivity contribution in [1.29, 1.82) is 0 Å². The number of aliphatic hydroxyl groups is 1. The van der Waals surface area contributed by atoms with Crippen molar-refractivity contribution in [2.45, 2.75) is 38.2 Å². The number of β-amino-alcohol motifs (C(OH)–C–C–N with tert-alkyl or cyclic N) is 1. The molecule has 0 atom stereocenters. The van der Waals surface area contributed by atoms with Gasteiger partial charge in [-0.15, -0.1) is 0 Å². The van der Waals surface area contributed by atoms with Crippen LogP contribution in [0.2, 0.25) is 0 Å². The molecule has 16 heavy (non-hydrogen) atoms. The number of hydrogen-bond donors (Lipinski definition) is 2. The molecule has 0 unspecified atom stereocenters. The molecule has 1 saturated heterocycles. The molecule has 1 heterocycles. The molecule has 2 rings (SSSR count). The Kier molecular flexibility index (Phi) is 2.81. The summed E-state index contributed by atoms with van der Waals surface area (Å²) in [6.07, 6.45) is 0.754. The fraction of sp³-hybridized carbons (Fsp3) is 0.571. The average Bonchev–Trinajstić information content (AvgIpc) is 2.15. The van der Waals surface area contributed by atoms with Crippen LogP contribution in [0, 0.1) is 0 Å². The van der Waals surface area contributed by atoms with E-state index >= 15 is 0 Å². The lowest BCUT2D eigenvalue weighted by molar-refractivity contribution is -0.00902. The van der Waals surface area contributed by atoms with E-state index in [2.05, 4.69) is 50.4 Å². The van der Waals surface area contributed by atoms with Crippen LogP contribution in [0.4, 0.5) is 0 Å². The van der Waals surface area contributed by atoms with Crippen LogP contribution in [-0.4, -0.2) is 23.8 Å². The van der Waals surface area contributed by atoms with Gasteiger partial charge in [-0.3, -0.25) is 0 Å².